The first-order valence-corrected chi connectivity index (χ1v) is 12.4. The molecule has 0 saturated carbocycles. The van der Waals surface area contributed by atoms with E-state index in [2.05, 4.69) is 97.3 Å². The first-order valence-electron chi connectivity index (χ1n) is 12.4. The van der Waals surface area contributed by atoms with Gasteiger partial charge in [-0.05, 0) is 70.5 Å². The quantitative estimate of drug-likeness (QED) is 0.254. The third-order valence-corrected chi connectivity index (χ3v) is 7.76. The second-order valence-electron chi connectivity index (χ2n) is 9.76. The summed E-state index contributed by atoms with van der Waals surface area (Å²) in [4.78, 5) is 13.3. The highest BCUT2D eigenvalue weighted by Crippen LogP contribution is 2.52. The Kier molecular flexibility index (Phi) is 5.13. The number of nitrogens with one attached hydrogen (secondary N) is 2. The van der Waals surface area contributed by atoms with Crippen LogP contribution in [0.5, 0.6) is 0 Å². The molecule has 0 fully saturated rings. The van der Waals surface area contributed by atoms with E-state index in [4.69, 9.17) is 0 Å². The van der Waals surface area contributed by atoms with Gasteiger partial charge in [-0.15, -0.1) is 0 Å². The van der Waals surface area contributed by atoms with Gasteiger partial charge in [-0.3, -0.25) is 4.79 Å². The maximum atomic E-state index is 13.3. The van der Waals surface area contributed by atoms with Crippen LogP contribution < -0.4 is 10.6 Å². The molecule has 0 bridgehead atoms. The number of rotatable bonds is 4. The fourth-order valence-corrected chi connectivity index (χ4v) is 5.88. The number of carbonyl (C=O) groups is 1. The number of allylic oxidation sites excluding steroid dienone is 2. The van der Waals surface area contributed by atoms with Crippen molar-refractivity contribution in [3.63, 3.8) is 0 Å². The molecule has 4 aromatic carbocycles. The van der Waals surface area contributed by atoms with Crippen LogP contribution in [0.15, 0.2) is 84.9 Å². The molecule has 170 valence electrons. The van der Waals surface area contributed by atoms with Crippen LogP contribution in [0.25, 0.3) is 21.5 Å². The van der Waals surface area contributed by atoms with Crippen molar-refractivity contribution in [3.8, 4) is 0 Å². The third-order valence-electron chi connectivity index (χ3n) is 7.76. The maximum absolute atomic E-state index is 13.3. The van der Waals surface area contributed by atoms with Crippen molar-refractivity contribution in [1.29, 1.82) is 0 Å². The Hall–Kier alpha value is -3.59. The highest BCUT2D eigenvalue weighted by atomic mass is 16.1. The normalized spacial score (nSPS) is 21.6. The number of amides is 1. The highest BCUT2D eigenvalue weighted by molar-refractivity contribution is 6.04. The minimum atomic E-state index is 0.000606. The molecule has 3 heteroatoms. The number of fused-ring (bicyclic) bond motifs is 5. The van der Waals surface area contributed by atoms with E-state index in [0.29, 0.717) is 11.8 Å². The minimum absolute atomic E-state index is 0.000606. The number of para-hydroxylation sites is 1. The summed E-state index contributed by atoms with van der Waals surface area (Å²) < 4.78 is 0. The van der Waals surface area contributed by atoms with Crippen molar-refractivity contribution in [1.82, 2.24) is 5.32 Å². The van der Waals surface area contributed by atoms with Gasteiger partial charge in [-0.2, -0.15) is 0 Å². The number of anilines is 1. The molecule has 6 rings (SSSR count). The van der Waals surface area contributed by atoms with Gasteiger partial charge < -0.3 is 10.6 Å². The average Bonchev–Trinajstić information content (AvgIpc) is 3.37. The molecular formula is C31H30N2O. The van der Waals surface area contributed by atoms with Gasteiger partial charge in [0.05, 0.1) is 17.3 Å². The monoisotopic (exact) mass is 446 g/mol. The van der Waals surface area contributed by atoms with Crippen molar-refractivity contribution < 1.29 is 4.79 Å². The van der Waals surface area contributed by atoms with Crippen molar-refractivity contribution >= 4 is 33.1 Å². The molecule has 4 aromatic rings. The second kappa shape index (κ2) is 8.32. The van der Waals surface area contributed by atoms with E-state index in [1.54, 1.807) is 0 Å². The van der Waals surface area contributed by atoms with Crippen LogP contribution in [0.4, 0.5) is 5.69 Å². The predicted octanol–water partition coefficient (Wildman–Crippen LogP) is 7.35. The second-order valence-corrected chi connectivity index (χ2v) is 9.76. The maximum Gasteiger partial charge on any atom is 0.253 e. The first-order chi connectivity index (χ1) is 16.7. The van der Waals surface area contributed by atoms with Crippen LogP contribution in [0.2, 0.25) is 0 Å². The van der Waals surface area contributed by atoms with Crippen LogP contribution in [0, 0.1) is 5.92 Å². The van der Waals surface area contributed by atoms with Gasteiger partial charge in [0.2, 0.25) is 0 Å². The number of hydrogen-bond acceptors (Lipinski definition) is 2. The van der Waals surface area contributed by atoms with E-state index >= 15 is 0 Å². The minimum Gasteiger partial charge on any atom is -0.377 e. The molecule has 3 nitrogen and oxygen atoms in total. The molecular weight excluding hydrogens is 416 g/mol. The topological polar surface area (TPSA) is 41.1 Å². The smallest absolute Gasteiger partial charge is 0.253 e. The zero-order valence-electron chi connectivity index (χ0n) is 19.7. The van der Waals surface area contributed by atoms with Gasteiger partial charge in [0, 0.05) is 12.0 Å². The lowest BCUT2D eigenvalue weighted by molar-refractivity contribution is 0.0939. The summed E-state index contributed by atoms with van der Waals surface area (Å²) in [7, 11) is 0. The Morgan fingerprint density at radius 1 is 1.00 bits per heavy atom. The molecule has 0 aromatic heterocycles. The first kappa shape index (κ1) is 21.0. The molecule has 4 atom stereocenters. The molecule has 0 radical (unpaired) electrons. The Labute approximate surface area is 200 Å². The molecule has 1 heterocycles. The fraction of sp³-hybridized carbons (Fsp3) is 0.258. The highest BCUT2D eigenvalue weighted by Gasteiger charge is 2.40. The van der Waals surface area contributed by atoms with Gasteiger partial charge in [0.1, 0.15) is 0 Å². The van der Waals surface area contributed by atoms with E-state index in [0.717, 1.165) is 24.1 Å². The zero-order valence-corrected chi connectivity index (χ0v) is 19.7. The predicted molar refractivity (Wildman–Crippen MR) is 141 cm³/mol. The number of hydrogen-bond donors (Lipinski definition) is 2. The third kappa shape index (κ3) is 3.30. The fourth-order valence-electron chi connectivity index (χ4n) is 5.88. The van der Waals surface area contributed by atoms with Crippen molar-refractivity contribution in [2.24, 2.45) is 5.92 Å². The molecule has 2 aliphatic rings. The van der Waals surface area contributed by atoms with Crippen LogP contribution in [-0.4, -0.2) is 11.9 Å². The van der Waals surface area contributed by atoms with Crippen LogP contribution >= 0.6 is 0 Å². The summed E-state index contributed by atoms with van der Waals surface area (Å²) in [6, 6.07) is 26.1. The number of benzene rings is 4. The summed E-state index contributed by atoms with van der Waals surface area (Å²) in [5.74, 6) is 0.713. The lowest BCUT2D eigenvalue weighted by atomic mass is 9.74. The molecule has 34 heavy (non-hydrogen) atoms. The summed E-state index contributed by atoms with van der Waals surface area (Å²) in [5.41, 5.74) is 4.30. The van der Waals surface area contributed by atoms with Crippen LogP contribution in [0.1, 0.15) is 60.1 Å². The van der Waals surface area contributed by atoms with Gasteiger partial charge in [0.15, 0.2) is 0 Å². The summed E-state index contributed by atoms with van der Waals surface area (Å²) in [6.07, 6.45) is 6.61. The van der Waals surface area contributed by atoms with Gasteiger partial charge >= 0.3 is 0 Å². The average molecular weight is 447 g/mol. The Bertz CT molecular complexity index is 1380. The molecule has 1 aliphatic heterocycles. The molecule has 4 unspecified atom stereocenters. The Balaban J connectivity index is 1.55. The lowest BCUT2D eigenvalue weighted by Crippen LogP contribution is -2.35. The van der Waals surface area contributed by atoms with Crippen LogP contribution in [-0.2, 0) is 0 Å². The molecule has 2 N–H and O–H groups in total. The summed E-state index contributed by atoms with van der Waals surface area (Å²) in [6.45, 7) is 4.15. The molecule has 0 saturated heterocycles. The summed E-state index contributed by atoms with van der Waals surface area (Å²) >= 11 is 0. The van der Waals surface area contributed by atoms with E-state index < -0.39 is 0 Å². The SMILES string of the molecule is CCC(C)NC(=O)c1cccc2c1NC(c1c3ccccc3cc3ccccc13)C1CC=CC21. The molecule has 1 amide bonds. The van der Waals surface area contributed by atoms with Crippen LogP contribution in [0.3, 0.4) is 0 Å². The Morgan fingerprint density at radius 3 is 2.41 bits per heavy atom. The largest absolute Gasteiger partial charge is 0.377 e. The van der Waals surface area contributed by atoms with E-state index in [-0.39, 0.29) is 18.0 Å². The van der Waals surface area contributed by atoms with Crippen molar-refractivity contribution in [2.75, 3.05) is 5.32 Å². The van der Waals surface area contributed by atoms with Crippen molar-refractivity contribution in [2.45, 2.75) is 44.7 Å². The summed E-state index contributed by atoms with van der Waals surface area (Å²) in [5, 5.41) is 12.2. The Morgan fingerprint density at radius 2 is 1.71 bits per heavy atom. The van der Waals surface area contributed by atoms with E-state index in [9.17, 15) is 4.79 Å². The lowest BCUT2D eigenvalue weighted by Gasteiger charge is -2.39. The van der Waals surface area contributed by atoms with Gasteiger partial charge in [0.25, 0.3) is 5.91 Å². The number of carbonyl (C=O) groups excluding carboxylic acids is 1. The zero-order chi connectivity index (χ0) is 23.2. The molecule has 0 spiro atoms. The van der Waals surface area contributed by atoms with E-state index in [1.165, 1.54) is 32.7 Å². The standard InChI is InChI=1S/C31H30N2O/c1-3-19(2)32-31(34)27-17-9-15-25-24-14-8-16-26(24)30(33-29(25)27)28-22-12-6-4-10-20(22)18-21-11-5-7-13-23(21)28/h4-15,17-19,24,26,30,33H,3,16H2,1-2H3,(H,32,34). The van der Waals surface area contributed by atoms with Gasteiger partial charge in [-0.25, -0.2) is 0 Å². The van der Waals surface area contributed by atoms with E-state index in [1.807, 2.05) is 12.1 Å². The molecule has 1 aliphatic carbocycles. The van der Waals surface area contributed by atoms with Crippen molar-refractivity contribution in [3.05, 3.63) is 102 Å². The van der Waals surface area contributed by atoms with Gasteiger partial charge in [-0.1, -0.05) is 79.7 Å².